The van der Waals surface area contributed by atoms with Crippen molar-refractivity contribution in [3.05, 3.63) is 59.9 Å². The number of carbonyl (C=O) groups is 1. The summed E-state index contributed by atoms with van der Waals surface area (Å²) < 4.78 is 59.3. The van der Waals surface area contributed by atoms with Crippen LogP contribution < -0.4 is 14.8 Å². The van der Waals surface area contributed by atoms with Crippen molar-refractivity contribution in [2.24, 2.45) is 0 Å². The molecular formula is C18H18F4N2O3. The maximum Gasteiger partial charge on any atom is 0.573 e. The number of halogens is 4. The number of amides is 2. The van der Waals surface area contributed by atoms with E-state index in [1.807, 2.05) is 0 Å². The molecule has 0 aromatic heterocycles. The van der Waals surface area contributed by atoms with E-state index in [9.17, 15) is 22.4 Å². The van der Waals surface area contributed by atoms with Crippen LogP contribution in [0.25, 0.3) is 0 Å². The van der Waals surface area contributed by atoms with Crippen LogP contribution in [0.3, 0.4) is 0 Å². The van der Waals surface area contributed by atoms with Crippen LogP contribution in [0.4, 0.5) is 22.4 Å². The third-order valence-corrected chi connectivity index (χ3v) is 3.48. The molecule has 5 nitrogen and oxygen atoms in total. The van der Waals surface area contributed by atoms with Gasteiger partial charge in [-0.25, -0.2) is 9.18 Å². The van der Waals surface area contributed by atoms with Crippen LogP contribution in [0.2, 0.25) is 0 Å². The standard InChI is InChI=1S/C18H18F4N2O3/c1-24(10-11-26-15-8-6-14(19)7-9-15)17(25)23-12-13-4-2-3-5-16(13)27-18(20,21)22/h2-9H,10-12H2,1H3,(H,23,25). The van der Waals surface area contributed by atoms with Gasteiger partial charge in [-0.1, -0.05) is 18.2 Å². The van der Waals surface area contributed by atoms with Gasteiger partial charge in [-0.2, -0.15) is 0 Å². The van der Waals surface area contributed by atoms with Gasteiger partial charge in [0.1, 0.15) is 23.9 Å². The van der Waals surface area contributed by atoms with E-state index in [-0.39, 0.29) is 36.8 Å². The lowest BCUT2D eigenvalue weighted by Gasteiger charge is -2.19. The summed E-state index contributed by atoms with van der Waals surface area (Å²) in [5.41, 5.74) is 0.194. The van der Waals surface area contributed by atoms with Crippen LogP contribution in [0, 0.1) is 5.82 Å². The Hall–Kier alpha value is -2.97. The molecule has 146 valence electrons. The number of ether oxygens (including phenoxy) is 2. The summed E-state index contributed by atoms with van der Waals surface area (Å²) in [6, 6.07) is 10.5. The predicted molar refractivity (Wildman–Crippen MR) is 89.9 cm³/mol. The van der Waals surface area contributed by atoms with Gasteiger partial charge in [-0.3, -0.25) is 0 Å². The topological polar surface area (TPSA) is 50.8 Å². The molecule has 2 aromatic carbocycles. The predicted octanol–water partition coefficient (Wildman–Crippen LogP) is 3.94. The van der Waals surface area contributed by atoms with Gasteiger partial charge >= 0.3 is 12.4 Å². The van der Waals surface area contributed by atoms with Gasteiger partial charge in [0.2, 0.25) is 0 Å². The molecule has 9 heteroatoms. The van der Waals surface area contributed by atoms with Gasteiger partial charge in [0.15, 0.2) is 0 Å². The van der Waals surface area contributed by atoms with Crippen molar-refractivity contribution in [3.8, 4) is 11.5 Å². The van der Waals surface area contributed by atoms with E-state index in [1.165, 1.54) is 54.4 Å². The van der Waals surface area contributed by atoms with Gasteiger partial charge in [-0.05, 0) is 30.3 Å². The zero-order valence-electron chi connectivity index (χ0n) is 14.4. The van der Waals surface area contributed by atoms with Gasteiger partial charge in [-0.15, -0.1) is 13.2 Å². The molecule has 0 atom stereocenters. The molecule has 1 N–H and O–H groups in total. The number of likely N-dealkylation sites (N-methyl/N-ethyl adjacent to an activating group) is 1. The molecule has 0 saturated carbocycles. The number of nitrogens with zero attached hydrogens (tertiary/aromatic N) is 1. The Morgan fingerprint density at radius 3 is 2.44 bits per heavy atom. The number of para-hydroxylation sites is 1. The fraction of sp³-hybridized carbons (Fsp3) is 0.278. The summed E-state index contributed by atoms with van der Waals surface area (Å²) in [4.78, 5) is 13.4. The normalized spacial score (nSPS) is 11.0. The molecule has 2 rings (SSSR count). The van der Waals surface area contributed by atoms with Gasteiger partial charge in [0.05, 0.1) is 6.54 Å². The summed E-state index contributed by atoms with van der Waals surface area (Å²) in [6.45, 7) is 0.265. The van der Waals surface area contributed by atoms with E-state index in [2.05, 4.69) is 10.1 Å². The average molecular weight is 386 g/mol. The Morgan fingerprint density at radius 1 is 1.11 bits per heavy atom. The number of rotatable bonds is 7. The summed E-state index contributed by atoms with van der Waals surface area (Å²) in [7, 11) is 1.52. The SMILES string of the molecule is CN(CCOc1ccc(F)cc1)C(=O)NCc1ccccc1OC(F)(F)F. The van der Waals surface area contributed by atoms with Crippen LogP contribution in [0.5, 0.6) is 11.5 Å². The molecule has 0 fully saturated rings. The fourth-order valence-electron chi connectivity index (χ4n) is 2.11. The Kier molecular flexibility index (Phi) is 6.86. The molecule has 0 bridgehead atoms. The van der Waals surface area contributed by atoms with E-state index in [4.69, 9.17) is 4.74 Å². The maximum atomic E-state index is 12.8. The average Bonchev–Trinajstić information content (AvgIpc) is 2.61. The lowest BCUT2D eigenvalue weighted by molar-refractivity contribution is -0.274. The second-order valence-electron chi connectivity index (χ2n) is 5.54. The molecule has 0 aliphatic carbocycles. The summed E-state index contributed by atoms with van der Waals surface area (Å²) in [6.07, 6.45) is -4.81. The Balaban J connectivity index is 1.80. The fourth-order valence-corrected chi connectivity index (χ4v) is 2.11. The number of carbonyl (C=O) groups excluding carboxylic acids is 1. The van der Waals surface area contributed by atoms with Crippen LogP contribution in [-0.4, -0.2) is 37.5 Å². The summed E-state index contributed by atoms with van der Waals surface area (Å²) in [5.74, 6) is -0.287. The molecule has 2 amide bonds. The van der Waals surface area contributed by atoms with Crippen molar-refractivity contribution < 1.29 is 31.8 Å². The molecule has 0 saturated heterocycles. The van der Waals surface area contributed by atoms with E-state index < -0.39 is 12.4 Å². The molecule has 0 aliphatic rings. The zero-order chi connectivity index (χ0) is 19.9. The van der Waals surface area contributed by atoms with Crippen molar-refractivity contribution in [2.75, 3.05) is 20.2 Å². The first kappa shape index (κ1) is 20.3. The largest absolute Gasteiger partial charge is 0.573 e. The molecule has 0 heterocycles. The molecule has 27 heavy (non-hydrogen) atoms. The van der Waals surface area contributed by atoms with Crippen molar-refractivity contribution >= 4 is 6.03 Å². The molecule has 0 aliphatic heterocycles. The quantitative estimate of drug-likeness (QED) is 0.734. The highest BCUT2D eigenvalue weighted by molar-refractivity contribution is 5.73. The van der Waals surface area contributed by atoms with Crippen LogP contribution in [0.15, 0.2) is 48.5 Å². The van der Waals surface area contributed by atoms with Crippen molar-refractivity contribution in [1.82, 2.24) is 10.2 Å². The molecule has 0 unspecified atom stereocenters. The highest BCUT2D eigenvalue weighted by Gasteiger charge is 2.32. The molecule has 2 aromatic rings. The van der Waals surface area contributed by atoms with Crippen molar-refractivity contribution in [2.45, 2.75) is 12.9 Å². The van der Waals surface area contributed by atoms with E-state index in [1.54, 1.807) is 6.07 Å². The second kappa shape index (κ2) is 9.11. The Labute approximate surface area is 153 Å². The Bertz CT molecular complexity index is 751. The van der Waals surface area contributed by atoms with Gasteiger partial charge < -0.3 is 19.7 Å². The minimum absolute atomic E-state index is 0.131. The maximum absolute atomic E-state index is 12.8. The highest BCUT2D eigenvalue weighted by Crippen LogP contribution is 2.26. The summed E-state index contributed by atoms with van der Waals surface area (Å²) in [5, 5.41) is 2.52. The van der Waals surface area contributed by atoms with Crippen molar-refractivity contribution in [3.63, 3.8) is 0 Å². The second-order valence-corrected chi connectivity index (χ2v) is 5.54. The third-order valence-electron chi connectivity index (χ3n) is 3.48. The number of hydrogen-bond acceptors (Lipinski definition) is 3. The number of nitrogens with one attached hydrogen (secondary N) is 1. The van der Waals surface area contributed by atoms with Crippen LogP contribution in [0.1, 0.15) is 5.56 Å². The van der Waals surface area contributed by atoms with Gasteiger partial charge in [0, 0.05) is 19.2 Å². The number of urea groups is 1. The van der Waals surface area contributed by atoms with Crippen LogP contribution in [-0.2, 0) is 6.54 Å². The number of benzene rings is 2. The number of alkyl halides is 3. The van der Waals surface area contributed by atoms with E-state index in [0.717, 1.165) is 0 Å². The number of hydrogen-bond donors (Lipinski definition) is 1. The molecular weight excluding hydrogens is 368 g/mol. The van der Waals surface area contributed by atoms with E-state index in [0.29, 0.717) is 5.75 Å². The first-order valence-electron chi connectivity index (χ1n) is 7.95. The highest BCUT2D eigenvalue weighted by atomic mass is 19.4. The Morgan fingerprint density at radius 2 is 1.78 bits per heavy atom. The lowest BCUT2D eigenvalue weighted by atomic mass is 10.2. The minimum Gasteiger partial charge on any atom is -0.492 e. The molecule has 0 radical (unpaired) electrons. The first-order chi connectivity index (χ1) is 12.7. The van der Waals surface area contributed by atoms with E-state index >= 15 is 0 Å². The molecule has 0 spiro atoms. The zero-order valence-corrected chi connectivity index (χ0v) is 14.4. The first-order valence-corrected chi connectivity index (χ1v) is 7.95. The smallest absolute Gasteiger partial charge is 0.492 e. The monoisotopic (exact) mass is 386 g/mol. The van der Waals surface area contributed by atoms with Crippen molar-refractivity contribution in [1.29, 1.82) is 0 Å². The third kappa shape index (κ3) is 7.04. The summed E-state index contributed by atoms with van der Waals surface area (Å²) >= 11 is 0. The van der Waals surface area contributed by atoms with Gasteiger partial charge in [0.25, 0.3) is 0 Å². The lowest BCUT2D eigenvalue weighted by Crippen LogP contribution is -2.39. The van der Waals surface area contributed by atoms with Crippen LogP contribution >= 0.6 is 0 Å². The minimum atomic E-state index is -4.81.